The minimum Gasteiger partial charge on any atom is -0.381 e. The van der Waals surface area contributed by atoms with E-state index in [0.29, 0.717) is 26.6 Å². The van der Waals surface area contributed by atoms with E-state index >= 15 is 0 Å². The lowest BCUT2D eigenvalue weighted by atomic mass is 10.0. The molecule has 1 N–H and O–H groups in total. The fourth-order valence-electron chi connectivity index (χ4n) is 2.23. The summed E-state index contributed by atoms with van der Waals surface area (Å²) in [5, 5.41) is 4.28. The summed E-state index contributed by atoms with van der Waals surface area (Å²) in [4.78, 5) is 0.605. The zero-order valence-electron chi connectivity index (χ0n) is 10.7. The molecule has 1 saturated heterocycles. The van der Waals surface area contributed by atoms with E-state index in [4.69, 9.17) is 27.9 Å². The first kappa shape index (κ1) is 15.3. The Hall–Kier alpha value is -0.130. The average Bonchev–Trinajstić information content (AvgIpc) is 2.92. The van der Waals surface area contributed by atoms with Gasteiger partial charge < -0.3 is 10.1 Å². The van der Waals surface area contributed by atoms with Gasteiger partial charge in [0.05, 0.1) is 27.3 Å². The molecule has 0 aromatic heterocycles. The minimum absolute atomic E-state index is 0.165. The van der Waals surface area contributed by atoms with Gasteiger partial charge in [-0.05, 0) is 31.7 Å². The summed E-state index contributed by atoms with van der Waals surface area (Å²) in [5.74, 6) is 0.928. The molecule has 1 aliphatic rings. The molecule has 6 heteroatoms. The van der Waals surface area contributed by atoms with Crippen molar-refractivity contribution in [2.24, 2.45) is 5.92 Å². The first-order chi connectivity index (χ1) is 9.11. The van der Waals surface area contributed by atoms with Crippen LogP contribution in [0.2, 0.25) is 10.0 Å². The van der Waals surface area contributed by atoms with Crippen LogP contribution in [0.1, 0.15) is 6.42 Å². The molecule has 3 atom stereocenters. The van der Waals surface area contributed by atoms with Crippen LogP contribution in [0.4, 0.5) is 0 Å². The van der Waals surface area contributed by atoms with Crippen LogP contribution >= 0.6 is 23.2 Å². The Bertz CT molecular complexity index is 464. The van der Waals surface area contributed by atoms with Gasteiger partial charge in [-0.2, -0.15) is 0 Å². The zero-order valence-corrected chi connectivity index (χ0v) is 13.0. The van der Waals surface area contributed by atoms with Gasteiger partial charge in [-0.25, -0.2) is 0 Å². The normalized spacial score (nSPS) is 22.4. The monoisotopic (exact) mass is 321 g/mol. The largest absolute Gasteiger partial charge is 0.381 e. The van der Waals surface area contributed by atoms with E-state index in [9.17, 15) is 4.21 Å². The molecular weight excluding hydrogens is 305 g/mol. The van der Waals surface area contributed by atoms with E-state index < -0.39 is 10.8 Å². The van der Waals surface area contributed by atoms with Crippen LogP contribution in [0, 0.1) is 5.92 Å². The van der Waals surface area contributed by atoms with Crippen molar-refractivity contribution in [1.82, 2.24) is 5.32 Å². The highest BCUT2D eigenvalue weighted by atomic mass is 35.5. The maximum Gasteiger partial charge on any atom is 0.0589 e. The van der Waals surface area contributed by atoms with Crippen molar-refractivity contribution >= 4 is 34.0 Å². The molecule has 1 heterocycles. The summed E-state index contributed by atoms with van der Waals surface area (Å²) in [6, 6.07) is 5.23. The number of hydrogen-bond acceptors (Lipinski definition) is 3. The fourth-order valence-corrected chi connectivity index (χ4v) is 4.33. The van der Waals surface area contributed by atoms with Gasteiger partial charge in [-0.1, -0.05) is 23.2 Å². The molecule has 3 nitrogen and oxygen atoms in total. The number of benzene rings is 1. The van der Waals surface area contributed by atoms with Gasteiger partial charge in [-0.15, -0.1) is 0 Å². The molecule has 0 amide bonds. The summed E-state index contributed by atoms with van der Waals surface area (Å²) < 4.78 is 17.8. The Kier molecular flexibility index (Phi) is 5.66. The molecule has 3 unspecified atom stereocenters. The molecule has 0 spiro atoms. The second-order valence-electron chi connectivity index (χ2n) is 4.61. The maximum absolute atomic E-state index is 12.4. The second kappa shape index (κ2) is 7.04. The first-order valence-corrected chi connectivity index (χ1v) is 8.27. The van der Waals surface area contributed by atoms with Crippen molar-refractivity contribution in [1.29, 1.82) is 0 Å². The molecule has 0 radical (unpaired) electrons. The second-order valence-corrected chi connectivity index (χ2v) is 6.91. The van der Waals surface area contributed by atoms with Crippen LogP contribution in [0.25, 0.3) is 0 Å². The smallest absolute Gasteiger partial charge is 0.0589 e. The molecule has 2 rings (SSSR count). The van der Waals surface area contributed by atoms with E-state index in [1.807, 2.05) is 7.05 Å². The lowest BCUT2D eigenvalue weighted by Crippen LogP contribution is -2.38. The Morgan fingerprint density at radius 2 is 2.32 bits per heavy atom. The van der Waals surface area contributed by atoms with Gasteiger partial charge in [0.15, 0.2) is 0 Å². The first-order valence-electron chi connectivity index (χ1n) is 6.20. The zero-order chi connectivity index (χ0) is 13.8. The Morgan fingerprint density at radius 1 is 1.53 bits per heavy atom. The van der Waals surface area contributed by atoms with E-state index in [1.54, 1.807) is 18.2 Å². The number of nitrogens with one attached hydrogen (secondary N) is 1. The van der Waals surface area contributed by atoms with Crippen molar-refractivity contribution in [2.45, 2.75) is 17.4 Å². The van der Waals surface area contributed by atoms with Crippen LogP contribution in [-0.2, 0) is 15.5 Å². The molecule has 106 valence electrons. The number of ether oxygens (including phenoxy) is 1. The van der Waals surface area contributed by atoms with Gasteiger partial charge in [0.25, 0.3) is 0 Å². The number of rotatable bonds is 5. The van der Waals surface area contributed by atoms with Crippen LogP contribution in [0.3, 0.4) is 0 Å². The number of halogens is 2. The van der Waals surface area contributed by atoms with Crippen molar-refractivity contribution < 1.29 is 8.95 Å². The summed E-state index contributed by atoms with van der Waals surface area (Å²) in [6.07, 6.45) is 1.01. The highest BCUT2D eigenvalue weighted by Gasteiger charge is 2.26. The van der Waals surface area contributed by atoms with Gasteiger partial charge in [-0.3, -0.25) is 4.21 Å². The Morgan fingerprint density at radius 3 is 2.95 bits per heavy atom. The third-order valence-electron chi connectivity index (χ3n) is 3.37. The van der Waals surface area contributed by atoms with Crippen molar-refractivity contribution in [3.63, 3.8) is 0 Å². The van der Waals surface area contributed by atoms with Crippen LogP contribution in [0.15, 0.2) is 23.1 Å². The third-order valence-corrected chi connectivity index (χ3v) is 5.54. The predicted octanol–water partition coefficient (Wildman–Crippen LogP) is 2.73. The van der Waals surface area contributed by atoms with E-state index in [1.165, 1.54) is 0 Å². The summed E-state index contributed by atoms with van der Waals surface area (Å²) in [5.41, 5.74) is 0. The molecule has 0 bridgehead atoms. The molecule has 0 saturated carbocycles. The molecule has 1 aliphatic heterocycles. The van der Waals surface area contributed by atoms with Crippen LogP contribution < -0.4 is 5.32 Å². The van der Waals surface area contributed by atoms with E-state index in [2.05, 4.69) is 5.32 Å². The summed E-state index contributed by atoms with van der Waals surface area (Å²) in [7, 11) is 0.723. The van der Waals surface area contributed by atoms with Gasteiger partial charge in [0.1, 0.15) is 0 Å². The molecule has 0 aliphatic carbocycles. The fraction of sp³-hybridized carbons (Fsp3) is 0.538. The predicted molar refractivity (Wildman–Crippen MR) is 79.5 cm³/mol. The van der Waals surface area contributed by atoms with Gasteiger partial charge >= 0.3 is 0 Å². The van der Waals surface area contributed by atoms with Crippen molar-refractivity contribution in [2.75, 3.05) is 26.0 Å². The van der Waals surface area contributed by atoms with Crippen molar-refractivity contribution in [3.8, 4) is 0 Å². The van der Waals surface area contributed by atoms with Gasteiger partial charge in [0, 0.05) is 29.3 Å². The lowest BCUT2D eigenvalue weighted by Gasteiger charge is -2.21. The minimum atomic E-state index is -1.17. The van der Waals surface area contributed by atoms with Crippen LogP contribution in [-0.4, -0.2) is 36.3 Å². The number of hydrogen-bond donors (Lipinski definition) is 1. The summed E-state index contributed by atoms with van der Waals surface area (Å²) >= 11 is 12.0. The highest BCUT2D eigenvalue weighted by Crippen LogP contribution is 2.25. The molecule has 19 heavy (non-hydrogen) atoms. The Labute approximate surface area is 126 Å². The van der Waals surface area contributed by atoms with Crippen molar-refractivity contribution in [3.05, 3.63) is 28.2 Å². The highest BCUT2D eigenvalue weighted by molar-refractivity contribution is 7.85. The molecule has 1 aromatic rings. The molecule has 1 aromatic carbocycles. The average molecular weight is 322 g/mol. The topological polar surface area (TPSA) is 38.3 Å². The SMILES string of the molecule is CNC(CS(=O)c1cc(Cl)ccc1Cl)C1CCOC1. The molecular formula is C13H17Cl2NO2S. The molecule has 1 fully saturated rings. The Balaban J connectivity index is 2.08. The quantitative estimate of drug-likeness (QED) is 0.906. The summed E-state index contributed by atoms with van der Waals surface area (Å²) in [6.45, 7) is 1.51. The van der Waals surface area contributed by atoms with Gasteiger partial charge in [0.2, 0.25) is 0 Å². The van der Waals surface area contributed by atoms with Crippen LogP contribution in [0.5, 0.6) is 0 Å². The standard InChI is InChI=1S/C13H17Cl2NO2S/c1-16-12(9-4-5-18-7-9)8-19(17)13-6-10(14)2-3-11(13)15/h2-3,6,9,12,16H,4-5,7-8H2,1H3. The third kappa shape index (κ3) is 3.92. The maximum atomic E-state index is 12.4. The van der Waals surface area contributed by atoms with E-state index in [-0.39, 0.29) is 6.04 Å². The lowest BCUT2D eigenvalue weighted by molar-refractivity contribution is 0.179. The van der Waals surface area contributed by atoms with E-state index in [0.717, 1.165) is 19.6 Å².